The molecule has 3 aromatic carbocycles. The van der Waals surface area contributed by atoms with E-state index in [0.717, 1.165) is 0 Å². The number of anilines is 1. The Morgan fingerprint density at radius 1 is 0.935 bits per heavy atom. The van der Waals surface area contributed by atoms with Crippen LogP contribution in [0.4, 0.5) is 5.69 Å². The van der Waals surface area contributed by atoms with Crippen LogP contribution < -0.4 is 26.0 Å². The molecule has 0 bridgehead atoms. The van der Waals surface area contributed by atoms with Crippen molar-refractivity contribution in [3.63, 3.8) is 0 Å². The molecule has 8 heteroatoms. The summed E-state index contributed by atoms with van der Waals surface area (Å²) < 4.78 is 12.3. The lowest BCUT2D eigenvalue weighted by Crippen LogP contribution is -2.33. The number of rotatable bonds is 6. The Balaban J connectivity index is 1.48. The van der Waals surface area contributed by atoms with Gasteiger partial charge < -0.3 is 14.8 Å². The van der Waals surface area contributed by atoms with E-state index in [1.54, 1.807) is 67.8 Å². The molecule has 0 atom stereocenters. The summed E-state index contributed by atoms with van der Waals surface area (Å²) in [7, 11) is 1.57. The zero-order chi connectivity index (χ0) is 21.8. The molecule has 0 aliphatic carbocycles. The number of benzene rings is 3. The Kier molecular flexibility index (Phi) is 5.53. The number of nitrogens with one attached hydrogen (secondary N) is 2. The summed E-state index contributed by atoms with van der Waals surface area (Å²) in [5, 5.41) is 3.08. The second kappa shape index (κ2) is 8.58. The highest BCUT2D eigenvalue weighted by molar-refractivity contribution is 5.91. The molecule has 0 aliphatic rings. The van der Waals surface area contributed by atoms with Gasteiger partial charge in [-0.1, -0.05) is 24.3 Å². The zero-order valence-electron chi connectivity index (χ0n) is 16.6. The third-order valence-electron chi connectivity index (χ3n) is 4.64. The Labute approximate surface area is 176 Å². The van der Waals surface area contributed by atoms with Gasteiger partial charge in [-0.25, -0.2) is 4.79 Å². The maximum absolute atomic E-state index is 12.5. The average Bonchev–Trinajstić information content (AvgIpc) is 2.78. The number of fused-ring (bicyclic) bond motifs is 1. The van der Waals surface area contributed by atoms with Crippen molar-refractivity contribution in [1.29, 1.82) is 0 Å². The van der Waals surface area contributed by atoms with Crippen LogP contribution in [0.15, 0.2) is 82.4 Å². The van der Waals surface area contributed by atoms with Gasteiger partial charge in [0.25, 0.3) is 5.56 Å². The monoisotopic (exact) mass is 417 g/mol. The van der Waals surface area contributed by atoms with Gasteiger partial charge in [0.1, 0.15) is 12.3 Å². The molecule has 0 spiro atoms. The standard InChI is InChI=1S/C23H19N3O5/c1-30-19-8-4-5-9-20(19)31-16-12-10-15(11-13-16)24-21(27)14-26-18-7-3-2-6-17(18)22(28)25-23(26)29/h2-13H,14H2,1H3,(H,24,27)(H,25,28,29). The topological polar surface area (TPSA) is 102 Å². The van der Waals surface area contributed by atoms with E-state index in [9.17, 15) is 14.4 Å². The van der Waals surface area contributed by atoms with E-state index < -0.39 is 17.2 Å². The molecule has 0 aliphatic heterocycles. The van der Waals surface area contributed by atoms with E-state index >= 15 is 0 Å². The number of methoxy groups -OCH3 is 1. The van der Waals surface area contributed by atoms with Crippen molar-refractivity contribution in [2.45, 2.75) is 6.54 Å². The molecular formula is C23H19N3O5. The Morgan fingerprint density at radius 2 is 1.61 bits per heavy atom. The van der Waals surface area contributed by atoms with E-state index in [1.165, 1.54) is 4.57 Å². The van der Waals surface area contributed by atoms with Crippen LogP contribution >= 0.6 is 0 Å². The third-order valence-corrected chi connectivity index (χ3v) is 4.64. The van der Waals surface area contributed by atoms with Gasteiger partial charge in [-0.15, -0.1) is 0 Å². The van der Waals surface area contributed by atoms with Crippen LogP contribution in [-0.2, 0) is 11.3 Å². The fraction of sp³-hybridized carbons (Fsp3) is 0.0870. The second-order valence-corrected chi connectivity index (χ2v) is 6.69. The Morgan fingerprint density at radius 3 is 2.35 bits per heavy atom. The molecule has 8 nitrogen and oxygen atoms in total. The van der Waals surface area contributed by atoms with Crippen LogP contribution in [0.5, 0.6) is 17.2 Å². The van der Waals surface area contributed by atoms with Gasteiger partial charge in [0.2, 0.25) is 5.91 Å². The third kappa shape index (κ3) is 4.32. The largest absolute Gasteiger partial charge is 0.493 e. The molecule has 1 amide bonds. The number of aromatic nitrogens is 2. The van der Waals surface area contributed by atoms with Gasteiger partial charge in [-0.05, 0) is 48.5 Å². The summed E-state index contributed by atoms with van der Waals surface area (Å²) in [4.78, 5) is 38.9. The van der Waals surface area contributed by atoms with Gasteiger partial charge in [0, 0.05) is 5.69 Å². The van der Waals surface area contributed by atoms with E-state index in [1.807, 2.05) is 12.1 Å². The quantitative estimate of drug-likeness (QED) is 0.502. The van der Waals surface area contributed by atoms with Crippen LogP contribution in [0.3, 0.4) is 0 Å². The van der Waals surface area contributed by atoms with E-state index in [2.05, 4.69) is 10.3 Å². The summed E-state index contributed by atoms with van der Waals surface area (Å²) in [6.45, 7) is -0.240. The van der Waals surface area contributed by atoms with Crippen molar-refractivity contribution in [2.75, 3.05) is 12.4 Å². The number of para-hydroxylation sites is 3. The second-order valence-electron chi connectivity index (χ2n) is 6.69. The molecule has 156 valence electrons. The molecular weight excluding hydrogens is 398 g/mol. The highest BCUT2D eigenvalue weighted by Gasteiger charge is 2.11. The number of nitrogens with zero attached hydrogens (tertiary/aromatic N) is 1. The molecule has 0 unspecified atom stereocenters. The lowest BCUT2D eigenvalue weighted by Gasteiger charge is -2.12. The fourth-order valence-electron chi connectivity index (χ4n) is 3.18. The fourth-order valence-corrected chi connectivity index (χ4v) is 3.18. The molecule has 4 rings (SSSR count). The van der Waals surface area contributed by atoms with Crippen molar-refractivity contribution in [3.8, 4) is 17.2 Å². The first-order valence-corrected chi connectivity index (χ1v) is 9.48. The van der Waals surface area contributed by atoms with Gasteiger partial charge in [0.15, 0.2) is 11.5 Å². The SMILES string of the molecule is COc1ccccc1Oc1ccc(NC(=O)Cn2c(=O)[nH]c(=O)c3ccccc32)cc1. The number of aromatic amines is 1. The highest BCUT2D eigenvalue weighted by atomic mass is 16.5. The smallest absolute Gasteiger partial charge is 0.329 e. The maximum atomic E-state index is 12.5. The van der Waals surface area contributed by atoms with Crippen LogP contribution in [0.1, 0.15) is 0 Å². The number of carbonyl (C=O) groups is 1. The number of hydrogen-bond donors (Lipinski definition) is 2. The molecule has 0 radical (unpaired) electrons. The molecule has 1 aromatic heterocycles. The molecule has 31 heavy (non-hydrogen) atoms. The summed E-state index contributed by atoms with van der Waals surface area (Å²) >= 11 is 0. The van der Waals surface area contributed by atoms with Crippen molar-refractivity contribution in [1.82, 2.24) is 9.55 Å². The van der Waals surface area contributed by atoms with E-state index in [-0.39, 0.29) is 6.54 Å². The van der Waals surface area contributed by atoms with Crippen molar-refractivity contribution in [2.24, 2.45) is 0 Å². The first-order valence-electron chi connectivity index (χ1n) is 9.48. The van der Waals surface area contributed by atoms with Crippen LogP contribution in [0.2, 0.25) is 0 Å². The van der Waals surface area contributed by atoms with Gasteiger partial charge >= 0.3 is 5.69 Å². The molecule has 0 saturated heterocycles. The lowest BCUT2D eigenvalue weighted by atomic mass is 10.2. The normalized spacial score (nSPS) is 10.6. The first-order chi connectivity index (χ1) is 15.0. The molecule has 4 aromatic rings. The minimum atomic E-state index is -0.639. The van der Waals surface area contributed by atoms with Crippen molar-refractivity contribution < 1.29 is 14.3 Å². The van der Waals surface area contributed by atoms with Gasteiger partial charge in [0.05, 0.1) is 18.0 Å². The number of ether oxygens (including phenoxy) is 2. The molecule has 0 saturated carbocycles. The van der Waals surface area contributed by atoms with Crippen LogP contribution in [0, 0.1) is 0 Å². The number of H-pyrrole nitrogens is 1. The summed E-state index contributed by atoms with van der Waals surface area (Å²) in [5.74, 6) is 1.35. The van der Waals surface area contributed by atoms with Crippen molar-refractivity contribution >= 4 is 22.5 Å². The Hall–Kier alpha value is -4.33. The van der Waals surface area contributed by atoms with E-state index in [0.29, 0.717) is 33.8 Å². The summed E-state index contributed by atoms with van der Waals surface area (Å²) in [6.07, 6.45) is 0. The number of carbonyl (C=O) groups excluding carboxylic acids is 1. The van der Waals surface area contributed by atoms with Crippen molar-refractivity contribution in [3.05, 3.63) is 93.6 Å². The summed E-state index contributed by atoms with van der Waals surface area (Å²) in [6, 6.07) is 20.7. The minimum Gasteiger partial charge on any atom is -0.493 e. The van der Waals surface area contributed by atoms with Crippen LogP contribution in [-0.4, -0.2) is 22.6 Å². The predicted molar refractivity (Wildman–Crippen MR) is 117 cm³/mol. The maximum Gasteiger partial charge on any atom is 0.329 e. The number of hydrogen-bond acceptors (Lipinski definition) is 5. The zero-order valence-corrected chi connectivity index (χ0v) is 16.6. The molecule has 1 heterocycles. The summed E-state index contributed by atoms with van der Waals surface area (Å²) in [5.41, 5.74) is -0.187. The number of amides is 1. The minimum absolute atomic E-state index is 0.240. The predicted octanol–water partition coefficient (Wildman–Crippen LogP) is 3.13. The van der Waals surface area contributed by atoms with Gasteiger partial charge in [-0.3, -0.25) is 19.1 Å². The van der Waals surface area contributed by atoms with Gasteiger partial charge in [-0.2, -0.15) is 0 Å². The van der Waals surface area contributed by atoms with E-state index in [4.69, 9.17) is 9.47 Å². The molecule has 0 fully saturated rings. The highest BCUT2D eigenvalue weighted by Crippen LogP contribution is 2.31. The molecule has 2 N–H and O–H groups in total. The first kappa shape index (κ1) is 20.0. The van der Waals surface area contributed by atoms with Crippen LogP contribution in [0.25, 0.3) is 10.9 Å². The lowest BCUT2D eigenvalue weighted by molar-refractivity contribution is -0.116. The average molecular weight is 417 g/mol. The Bertz CT molecular complexity index is 1360.